The van der Waals surface area contributed by atoms with Gasteiger partial charge in [-0.25, -0.2) is 9.97 Å². The zero-order chi connectivity index (χ0) is 14.8. The Morgan fingerprint density at radius 2 is 1.63 bits per heavy atom. The van der Waals surface area contributed by atoms with Crippen molar-refractivity contribution in [3.05, 3.63) is 17.0 Å². The van der Waals surface area contributed by atoms with Gasteiger partial charge < -0.3 is 5.32 Å². The van der Waals surface area contributed by atoms with Crippen molar-refractivity contribution in [2.75, 3.05) is 0 Å². The van der Waals surface area contributed by atoms with Crippen LogP contribution in [0.5, 0.6) is 0 Å². The Labute approximate surface area is 119 Å². The van der Waals surface area contributed by atoms with Gasteiger partial charge in [-0.3, -0.25) is 4.79 Å². The summed E-state index contributed by atoms with van der Waals surface area (Å²) in [5, 5.41) is 3.42. The van der Waals surface area contributed by atoms with Crippen LogP contribution in [0.25, 0.3) is 0 Å². The van der Waals surface area contributed by atoms with E-state index in [2.05, 4.69) is 15.3 Å². The molecule has 0 unspecified atom stereocenters. The molecule has 19 heavy (non-hydrogen) atoms. The summed E-state index contributed by atoms with van der Waals surface area (Å²) in [6, 6.07) is 0. The van der Waals surface area contributed by atoms with E-state index in [1.807, 2.05) is 48.5 Å². The van der Waals surface area contributed by atoms with Gasteiger partial charge in [-0.2, -0.15) is 0 Å². The van der Waals surface area contributed by atoms with Crippen LogP contribution >= 0.6 is 11.8 Å². The van der Waals surface area contributed by atoms with Gasteiger partial charge in [-0.1, -0.05) is 11.8 Å². The molecule has 0 bridgehead atoms. The number of aromatic nitrogens is 2. The van der Waals surface area contributed by atoms with Crippen LogP contribution in [0.15, 0.2) is 5.16 Å². The summed E-state index contributed by atoms with van der Waals surface area (Å²) < 4.78 is 0. The molecule has 1 aromatic heterocycles. The minimum Gasteiger partial charge on any atom is -0.351 e. The number of nitrogens with one attached hydrogen (secondary N) is 1. The molecule has 0 fully saturated rings. The van der Waals surface area contributed by atoms with Gasteiger partial charge in [-0.15, -0.1) is 0 Å². The standard InChI is InChI=1S/C14H23N3OS/c1-8-9(2)15-13(16-10(8)3)19-11(4)12(18)17-14(5,6)7/h11H,1-7H3,(H,17,18)/t11-/m1/s1. The molecule has 4 nitrogen and oxygen atoms in total. The Morgan fingerprint density at radius 1 is 1.16 bits per heavy atom. The fourth-order valence-corrected chi connectivity index (χ4v) is 2.34. The Balaban J connectivity index is 2.77. The van der Waals surface area contributed by atoms with E-state index < -0.39 is 0 Å². The lowest BCUT2D eigenvalue weighted by Gasteiger charge is -2.22. The molecule has 0 radical (unpaired) electrons. The predicted octanol–water partition coefficient (Wildman–Crippen LogP) is 2.80. The topological polar surface area (TPSA) is 54.9 Å². The Hall–Kier alpha value is -1.10. The Bertz CT molecular complexity index is 457. The lowest BCUT2D eigenvalue weighted by atomic mass is 10.1. The van der Waals surface area contributed by atoms with Crippen molar-refractivity contribution in [1.29, 1.82) is 0 Å². The van der Waals surface area contributed by atoms with Crippen molar-refractivity contribution in [3.8, 4) is 0 Å². The zero-order valence-corrected chi connectivity index (χ0v) is 13.6. The number of carbonyl (C=O) groups excluding carboxylic acids is 1. The zero-order valence-electron chi connectivity index (χ0n) is 12.8. The third-order valence-corrected chi connectivity index (χ3v) is 3.72. The second-order valence-electron chi connectivity index (χ2n) is 5.80. The first kappa shape index (κ1) is 16.0. The molecule has 0 saturated carbocycles. The van der Waals surface area contributed by atoms with E-state index in [0.717, 1.165) is 17.0 Å². The van der Waals surface area contributed by atoms with Crippen LogP contribution in [0.4, 0.5) is 0 Å². The van der Waals surface area contributed by atoms with Crippen molar-refractivity contribution < 1.29 is 4.79 Å². The van der Waals surface area contributed by atoms with Gasteiger partial charge in [0.2, 0.25) is 5.91 Å². The summed E-state index contributed by atoms with van der Waals surface area (Å²) in [6.07, 6.45) is 0. The van der Waals surface area contributed by atoms with Crippen LogP contribution in [-0.2, 0) is 4.79 Å². The van der Waals surface area contributed by atoms with Crippen molar-refractivity contribution in [3.63, 3.8) is 0 Å². The van der Waals surface area contributed by atoms with Gasteiger partial charge in [0.05, 0.1) is 5.25 Å². The highest BCUT2D eigenvalue weighted by Gasteiger charge is 2.21. The molecule has 0 aliphatic rings. The molecule has 0 aliphatic carbocycles. The minimum atomic E-state index is -0.216. The molecular formula is C14H23N3OS. The van der Waals surface area contributed by atoms with Crippen LogP contribution in [0.3, 0.4) is 0 Å². The number of rotatable bonds is 3. The molecule has 106 valence electrons. The number of nitrogens with zero attached hydrogens (tertiary/aromatic N) is 2. The number of aryl methyl sites for hydroxylation is 2. The third-order valence-electron chi connectivity index (χ3n) is 2.76. The number of carbonyl (C=O) groups is 1. The SMILES string of the molecule is Cc1nc(S[C@H](C)C(=O)NC(C)(C)C)nc(C)c1C. The van der Waals surface area contributed by atoms with Crippen molar-refractivity contribution in [2.24, 2.45) is 0 Å². The average Bonchev–Trinajstić information content (AvgIpc) is 2.23. The van der Waals surface area contributed by atoms with E-state index in [0.29, 0.717) is 5.16 Å². The van der Waals surface area contributed by atoms with E-state index in [9.17, 15) is 4.79 Å². The molecule has 1 aromatic rings. The average molecular weight is 281 g/mol. The molecule has 1 rings (SSSR count). The molecule has 0 spiro atoms. The summed E-state index contributed by atoms with van der Waals surface area (Å²) in [6.45, 7) is 13.7. The molecule has 1 heterocycles. The fourth-order valence-electron chi connectivity index (χ4n) is 1.48. The largest absolute Gasteiger partial charge is 0.351 e. The molecule has 0 aromatic carbocycles. The second kappa shape index (κ2) is 5.90. The van der Waals surface area contributed by atoms with E-state index >= 15 is 0 Å². The second-order valence-corrected chi connectivity index (χ2v) is 7.11. The van der Waals surface area contributed by atoms with Crippen LogP contribution < -0.4 is 5.32 Å². The first-order chi connectivity index (χ1) is 8.60. The number of hydrogen-bond donors (Lipinski definition) is 1. The highest BCUT2D eigenvalue weighted by atomic mass is 32.2. The normalized spacial score (nSPS) is 13.2. The summed E-state index contributed by atoms with van der Waals surface area (Å²) >= 11 is 1.40. The fraction of sp³-hybridized carbons (Fsp3) is 0.643. The molecule has 1 N–H and O–H groups in total. The maximum absolute atomic E-state index is 12.0. The molecule has 0 aliphatic heterocycles. The Morgan fingerprint density at radius 3 is 2.05 bits per heavy atom. The summed E-state index contributed by atoms with van der Waals surface area (Å²) in [5.41, 5.74) is 2.83. The van der Waals surface area contributed by atoms with Crippen LogP contribution in [0, 0.1) is 20.8 Å². The van der Waals surface area contributed by atoms with E-state index in [-0.39, 0.29) is 16.7 Å². The highest BCUT2D eigenvalue weighted by molar-refractivity contribution is 8.00. The number of amides is 1. The number of thioether (sulfide) groups is 1. The summed E-state index contributed by atoms with van der Waals surface area (Å²) in [5.74, 6) is 0.0111. The summed E-state index contributed by atoms with van der Waals surface area (Å²) in [4.78, 5) is 20.9. The maximum Gasteiger partial charge on any atom is 0.233 e. The van der Waals surface area contributed by atoms with Crippen molar-refractivity contribution >= 4 is 17.7 Å². The molecule has 1 amide bonds. The van der Waals surface area contributed by atoms with Gasteiger partial charge in [0.1, 0.15) is 0 Å². The van der Waals surface area contributed by atoms with E-state index in [4.69, 9.17) is 0 Å². The van der Waals surface area contributed by atoms with Crippen molar-refractivity contribution in [1.82, 2.24) is 15.3 Å². The number of hydrogen-bond acceptors (Lipinski definition) is 4. The highest BCUT2D eigenvalue weighted by Crippen LogP contribution is 2.22. The van der Waals surface area contributed by atoms with Crippen LogP contribution in [0.1, 0.15) is 44.6 Å². The van der Waals surface area contributed by atoms with Crippen LogP contribution in [-0.4, -0.2) is 26.7 Å². The maximum atomic E-state index is 12.0. The molecule has 5 heteroatoms. The van der Waals surface area contributed by atoms with Gasteiger partial charge in [0.25, 0.3) is 0 Å². The first-order valence-corrected chi connectivity index (χ1v) is 7.28. The lowest BCUT2D eigenvalue weighted by molar-refractivity contribution is -0.121. The van der Waals surface area contributed by atoms with Gasteiger partial charge >= 0.3 is 0 Å². The van der Waals surface area contributed by atoms with Gasteiger partial charge in [0.15, 0.2) is 5.16 Å². The van der Waals surface area contributed by atoms with Crippen molar-refractivity contribution in [2.45, 2.75) is 64.4 Å². The van der Waals surface area contributed by atoms with Gasteiger partial charge in [-0.05, 0) is 54.0 Å². The molecule has 0 saturated heterocycles. The predicted molar refractivity (Wildman–Crippen MR) is 79.5 cm³/mol. The van der Waals surface area contributed by atoms with E-state index in [1.54, 1.807) is 0 Å². The summed E-state index contributed by atoms with van der Waals surface area (Å²) in [7, 11) is 0. The lowest BCUT2D eigenvalue weighted by Crippen LogP contribution is -2.44. The first-order valence-electron chi connectivity index (χ1n) is 6.40. The van der Waals surface area contributed by atoms with Gasteiger partial charge in [0, 0.05) is 16.9 Å². The monoisotopic (exact) mass is 281 g/mol. The van der Waals surface area contributed by atoms with Crippen LogP contribution in [0.2, 0.25) is 0 Å². The molecular weight excluding hydrogens is 258 g/mol. The van der Waals surface area contributed by atoms with E-state index in [1.165, 1.54) is 11.8 Å². The smallest absolute Gasteiger partial charge is 0.233 e. The quantitative estimate of drug-likeness (QED) is 0.684. The molecule has 1 atom stereocenters. The minimum absolute atomic E-state index is 0.0111. The Kier molecular flexibility index (Phi) is 4.96. The third kappa shape index (κ3) is 4.82.